The third-order valence-corrected chi connectivity index (χ3v) is 1.88. The van der Waals surface area contributed by atoms with Crippen molar-refractivity contribution in [2.24, 2.45) is 0 Å². The second kappa shape index (κ2) is 5.64. The van der Waals surface area contributed by atoms with E-state index in [4.69, 9.17) is 0 Å². The van der Waals surface area contributed by atoms with Crippen molar-refractivity contribution >= 4 is 0 Å². The molecule has 0 aromatic heterocycles. The molecule has 1 nitrogen and oxygen atoms in total. The number of nitrogens with one attached hydrogen (secondary N) is 1. The summed E-state index contributed by atoms with van der Waals surface area (Å²) in [5.74, 6) is 0. The van der Waals surface area contributed by atoms with Gasteiger partial charge in [0.15, 0.2) is 0 Å². The van der Waals surface area contributed by atoms with Crippen LogP contribution in [0.15, 0.2) is 36.1 Å². The fourth-order valence-electron chi connectivity index (χ4n) is 1.15. The molecule has 1 aliphatic carbocycles. The maximum Gasteiger partial charge on any atom is 0.0141 e. The summed E-state index contributed by atoms with van der Waals surface area (Å²) in [5, 5.41) is 3.30. The highest BCUT2D eigenvalue weighted by molar-refractivity contribution is 5.39. The van der Waals surface area contributed by atoms with Crippen LogP contribution in [0.25, 0.3) is 0 Å². The lowest BCUT2D eigenvalue weighted by atomic mass is 10.2. The third-order valence-electron chi connectivity index (χ3n) is 1.88. The van der Waals surface area contributed by atoms with Crippen molar-refractivity contribution in [2.75, 3.05) is 6.54 Å². The molecular weight excluding hydrogens is 146 g/mol. The summed E-state index contributed by atoms with van der Waals surface area (Å²) in [4.78, 5) is 0. The van der Waals surface area contributed by atoms with Gasteiger partial charge < -0.3 is 5.32 Å². The monoisotopic (exact) mass is 163 g/mol. The predicted octanol–water partition coefficient (Wildman–Crippen LogP) is 2.78. The highest BCUT2D eigenvalue weighted by Gasteiger charge is 1.89. The molecule has 0 aromatic rings. The van der Waals surface area contributed by atoms with Crippen LogP contribution in [-0.2, 0) is 0 Å². The molecule has 0 amide bonds. The average molecular weight is 163 g/mol. The number of rotatable bonds is 5. The zero-order valence-electron chi connectivity index (χ0n) is 7.72. The molecule has 0 aliphatic heterocycles. The first-order chi connectivity index (χ1) is 5.93. The Bertz CT molecular complexity index is 185. The maximum absolute atomic E-state index is 3.30. The van der Waals surface area contributed by atoms with Crippen LogP contribution in [0.5, 0.6) is 0 Å². The first kappa shape index (κ1) is 9.11. The van der Waals surface area contributed by atoms with Gasteiger partial charge in [0, 0.05) is 12.7 Å². The molecule has 0 saturated heterocycles. The molecule has 0 radical (unpaired) electrons. The first-order valence-corrected chi connectivity index (χ1v) is 4.72. The van der Waals surface area contributed by atoms with Gasteiger partial charge >= 0.3 is 0 Å². The molecule has 1 heteroatoms. The molecule has 12 heavy (non-hydrogen) atoms. The van der Waals surface area contributed by atoms with Crippen molar-refractivity contribution in [1.29, 1.82) is 0 Å². The van der Waals surface area contributed by atoms with E-state index in [2.05, 4.69) is 42.7 Å². The molecule has 0 bridgehead atoms. The Kier molecular flexibility index (Phi) is 4.28. The van der Waals surface area contributed by atoms with Gasteiger partial charge in [-0.15, -0.1) is 0 Å². The fraction of sp³-hybridized carbons (Fsp3) is 0.455. The summed E-state index contributed by atoms with van der Waals surface area (Å²) in [6.45, 7) is 3.32. The molecular formula is C11H17N. The van der Waals surface area contributed by atoms with Crippen LogP contribution in [-0.4, -0.2) is 6.54 Å². The van der Waals surface area contributed by atoms with Crippen molar-refractivity contribution in [2.45, 2.75) is 26.2 Å². The lowest BCUT2D eigenvalue weighted by Gasteiger charge is -1.99. The minimum absolute atomic E-state index is 1.10. The van der Waals surface area contributed by atoms with E-state index in [1.807, 2.05) is 0 Å². The van der Waals surface area contributed by atoms with Crippen LogP contribution in [0.4, 0.5) is 0 Å². The summed E-state index contributed by atoms with van der Waals surface area (Å²) in [7, 11) is 0. The van der Waals surface area contributed by atoms with Crippen LogP contribution < -0.4 is 5.32 Å². The summed E-state index contributed by atoms with van der Waals surface area (Å²) < 4.78 is 0. The first-order valence-electron chi connectivity index (χ1n) is 4.72. The summed E-state index contributed by atoms with van der Waals surface area (Å²) in [5.41, 5.74) is 1.27. The minimum atomic E-state index is 1.10. The van der Waals surface area contributed by atoms with E-state index in [1.165, 1.54) is 24.8 Å². The lowest BCUT2D eigenvalue weighted by Crippen LogP contribution is -2.07. The predicted molar refractivity (Wildman–Crippen MR) is 53.9 cm³/mol. The molecule has 0 unspecified atom stereocenters. The van der Waals surface area contributed by atoms with Crippen LogP contribution in [0.3, 0.4) is 0 Å². The van der Waals surface area contributed by atoms with E-state index in [1.54, 1.807) is 0 Å². The number of allylic oxidation sites excluding steroid dienone is 5. The van der Waals surface area contributed by atoms with Gasteiger partial charge in [0.2, 0.25) is 0 Å². The molecule has 0 spiro atoms. The van der Waals surface area contributed by atoms with E-state index < -0.39 is 0 Å². The Labute approximate surface area is 74.9 Å². The van der Waals surface area contributed by atoms with Gasteiger partial charge in [-0.3, -0.25) is 0 Å². The molecule has 0 fully saturated rings. The maximum atomic E-state index is 3.30. The Morgan fingerprint density at radius 1 is 1.25 bits per heavy atom. The van der Waals surface area contributed by atoms with Crippen molar-refractivity contribution < 1.29 is 0 Å². The third kappa shape index (κ3) is 3.42. The lowest BCUT2D eigenvalue weighted by molar-refractivity contribution is 0.682. The number of unbranched alkanes of at least 4 members (excludes halogenated alkanes) is 2. The van der Waals surface area contributed by atoms with Crippen LogP contribution in [0.1, 0.15) is 26.2 Å². The highest BCUT2D eigenvalue weighted by atomic mass is 14.8. The summed E-state index contributed by atoms with van der Waals surface area (Å²) in [6, 6.07) is 0. The van der Waals surface area contributed by atoms with E-state index in [9.17, 15) is 0 Å². The van der Waals surface area contributed by atoms with Gasteiger partial charge in [-0.1, -0.05) is 44.1 Å². The minimum Gasteiger partial charge on any atom is -0.390 e. The Morgan fingerprint density at radius 2 is 2.00 bits per heavy atom. The SMILES string of the molecule is CCCCCNC=C1C=CC=C1. The highest BCUT2D eigenvalue weighted by Crippen LogP contribution is 2.04. The average Bonchev–Trinajstić information content (AvgIpc) is 2.57. The summed E-state index contributed by atoms with van der Waals surface area (Å²) >= 11 is 0. The molecule has 1 aliphatic rings. The molecule has 66 valence electrons. The van der Waals surface area contributed by atoms with Crippen molar-refractivity contribution in [3.05, 3.63) is 36.1 Å². The molecule has 0 aromatic carbocycles. The van der Waals surface area contributed by atoms with E-state index in [0.29, 0.717) is 0 Å². The standard InChI is InChI=1S/C11H17N/c1-2-3-6-9-12-10-11-7-4-5-8-11/h4-5,7-8,10,12H,2-3,6,9H2,1H3. The second-order valence-corrected chi connectivity index (χ2v) is 3.02. The second-order valence-electron chi connectivity index (χ2n) is 3.02. The smallest absolute Gasteiger partial charge is 0.0141 e. The molecule has 1 N–H and O–H groups in total. The zero-order valence-corrected chi connectivity index (χ0v) is 7.72. The van der Waals surface area contributed by atoms with E-state index >= 15 is 0 Å². The summed E-state index contributed by atoms with van der Waals surface area (Å²) in [6.07, 6.45) is 14.3. The van der Waals surface area contributed by atoms with Gasteiger partial charge in [0.05, 0.1) is 0 Å². The van der Waals surface area contributed by atoms with Gasteiger partial charge in [-0.25, -0.2) is 0 Å². The van der Waals surface area contributed by atoms with Gasteiger partial charge in [-0.05, 0) is 12.0 Å². The number of hydrogen-bond acceptors (Lipinski definition) is 1. The van der Waals surface area contributed by atoms with Gasteiger partial charge in [0.1, 0.15) is 0 Å². The van der Waals surface area contributed by atoms with E-state index in [0.717, 1.165) is 6.54 Å². The van der Waals surface area contributed by atoms with E-state index in [-0.39, 0.29) is 0 Å². The van der Waals surface area contributed by atoms with Crippen molar-refractivity contribution in [3.63, 3.8) is 0 Å². The number of hydrogen-bond donors (Lipinski definition) is 1. The Morgan fingerprint density at radius 3 is 2.67 bits per heavy atom. The molecule has 0 saturated carbocycles. The van der Waals surface area contributed by atoms with Crippen LogP contribution in [0, 0.1) is 0 Å². The molecule has 1 rings (SSSR count). The van der Waals surface area contributed by atoms with Crippen LogP contribution >= 0.6 is 0 Å². The largest absolute Gasteiger partial charge is 0.390 e. The normalized spacial score (nSPS) is 13.9. The Balaban J connectivity index is 2.05. The van der Waals surface area contributed by atoms with Crippen molar-refractivity contribution in [3.8, 4) is 0 Å². The molecule has 0 atom stereocenters. The van der Waals surface area contributed by atoms with Gasteiger partial charge in [0.25, 0.3) is 0 Å². The topological polar surface area (TPSA) is 12.0 Å². The zero-order chi connectivity index (χ0) is 8.65. The van der Waals surface area contributed by atoms with Gasteiger partial charge in [-0.2, -0.15) is 0 Å². The van der Waals surface area contributed by atoms with Crippen LogP contribution in [0.2, 0.25) is 0 Å². The Hall–Kier alpha value is -0.980. The molecule has 0 heterocycles. The van der Waals surface area contributed by atoms with Crippen molar-refractivity contribution in [1.82, 2.24) is 5.32 Å². The quantitative estimate of drug-likeness (QED) is 0.614. The fourth-order valence-corrected chi connectivity index (χ4v) is 1.15.